The monoisotopic (exact) mass is 328 g/mol. The van der Waals surface area contributed by atoms with Gasteiger partial charge in [-0.25, -0.2) is 4.68 Å². The third-order valence-corrected chi connectivity index (χ3v) is 4.57. The number of aromatic nitrogens is 3. The first-order valence-electron chi connectivity index (χ1n) is 8.25. The van der Waals surface area contributed by atoms with E-state index >= 15 is 0 Å². The summed E-state index contributed by atoms with van der Waals surface area (Å²) in [5.41, 5.74) is 1.51. The predicted octanol–water partition coefficient (Wildman–Crippen LogP) is 1.31. The van der Waals surface area contributed by atoms with Gasteiger partial charge in [0.25, 0.3) is 5.91 Å². The van der Waals surface area contributed by atoms with Gasteiger partial charge in [-0.2, -0.15) is 0 Å². The molecule has 1 aromatic heterocycles. The van der Waals surface area contributed by atoms with E-state index in [1.807, 2.05) is 30.3 Å². The van der Waals surface area contributed by atoms with E-state index in [0.717, 1.165) is 5.56 Å². The van der Waals surface area contributed by atoms with Crippen LogP contribution in [-0.4, -0.2) is 57.9 Å². The minimum Gasteiger partial charge on any atom is -0.347 e. The third kappa shape index (κ3) is 3.05. The molecule has 0 unspecified atom stereocenters. The molecule has 126 valence electrons. The van der Waals surface area contributed by atoms with Gasteiger partial charge in [0.2, 0.25) is 0 Å². The number of hydrogen-bond donors (Lipinski definition) is 0. The molecule has 0 saturated carbocycles. The zero-order chi connectivity index (χ0) is 16.4. The lowest BCUT2D eigenvalue weighted by Gasteiger charge is -2.37. The minimum absolute atomic E-state index is 0.0813. The maximum Gasteiger partial charge on any atom is 0.276 e. The molecule has 4 rings (SSSR count). The fourth-order valence-corrected chi connectivity index (χ4v) is 3.24. The lowest BCUT2D eigenvalue weighted by atomic mass is 10.0. The topological polar surface area (TPSA) is 69.5 Å². The molecule has 2 aliphatic rings. The van der Waals surface area contributed by atoms with Gasteiger partial charge in [0, 0.05) is 25.9 Å². The first-order chi connectivity index (χ1) is 11.7. The molecule has 1 amide bonds. The quantitative estimate of drug-likeness (QED) is 0.849. The number of carbonyl (C=O) groups excluding carboxylic acids is 1. The lowest BCUT2D eigenvalue weighted by Crippen LogP contribution is -2.47. The Morgan fingerprint density at radius 3 is 2.54 bits per heavy atom. The van der Waals surface area contributed by atoms with Crippen molar-refractivity contribution >= 4 is 5.91 Å². The van der Waals surface area contributed by atoms with Crippen LogP contribution >= 0.6 is 0 Å². The summed E-state index contributed by atoms with van der Waals surface area (Å²) < 4.78 is 13.1. The fraction of sp³-hybridized carbons (Fsp3) is 0.471. The zero-order valence-electron chi connectivity index (χ0n) is 13.4. The summed E-state index contributed by atoms with van der Waals surface area (Å²) in [6.45, 7) is 3.12. The van der Waals surface area contributed by atoms with Gasteiger partial charge in [0.15, 0.2) is 11.5 Å². The van der Waals surface area contributed by atoms with Gasteiger partial charge in [-0.05, 0) is 5.56 Å². The number of likely N-dealkylation sites (tertiary alicyclic amines) is 1. The molecule has 0 radical (unpaired) electrons. The van der Waals surface area contributed by atoms with Crippen LogP contribution in [0.25, 0.3) is 0 Å². The van der Waals surface area contributed by atoms with Crippen molar-refractivity contribution in [2.45, 2.75) is 25.2 Å². The van der Waals surface area contributed by atoms with Crippen LogP contribution in [0, 0.1) is 0 Å². The van der Waals surface area contributed by atoms with Crippen molar-refractivity contribution in [1.29, 1.82) is 0 Å². The molecule has 2 saturated heterocycles. The number of rotatable bonds is 3. The van der Waals surface area contributed by atoms with Crippen LogP contribution in [0.15, 0.2) is 36.5 Å². The van der Waals surface area contributed by atoms with Gasteiger partial charge in [0.05, 0.1) is 26.0 Å². The second kappa shape index (κ2) is 6.33. The molecule has 24 heavy (non-hydrogen) atoms. The van der Waals surface area contributed by atoms with E-state index in [1.165, 1.54) is 0 Å². The molecule has 1 spiro atoms. The van der Waals surface area contributed by atoms with Crippen LogP contribution in [0.5, 0.6) is 0 Å². The van der Waals surface area contributed by atoms with Crippen LogP contribution in [0.2, 0.25) is 0 Å². The second-order valence-corrected chi connectivity index (χ2v) is 6.19. The fourth-order valence-electron chi connectivity index (χ4n) is 3.24. The maximum atomic E-state index is 12.6. The first-order valence-corrected chi connectivity index (χ1v) is 8.25. The summed E-state index contributed by atoms with van der Waals surface area (Å²) in [4.78, 5) is 14.4. The molecular formula is C17H20N4O3. The smallest absolute Gasteiger partial charge is 0.276 e. The Balaban J connectivity index is 1.38. The Morgan fingerprint density at radius 2 is 1.83 bits per heavy atom. The van der Waals surface area contributed by atoms with Gasteiger partial charge in [0.1, 0.15) is 0 Å². The normalized spacial score (nSPS) is 19.8. The van der Waals surface area contributed by atoms with Gasteiger partial charge in [-0.1, -0.05) is 35.5 Å². The summed E-state index contributed by atoms with van der Waals surface area (Å²) in [5, 5.41) is 8.10. The molecule has 0 aliphatic carbocycles. The third-order valence-electron chi connectivity index (χ3n) is 4.57. The Kier molecular flexibility index (Phi) is 4.03. The highest BCUT2D eigenvalue weighted by molar-refractivity contribution is 5.92. The molecule has 2 aliphatic heterocycles. The van der Waals surface area contributed by atoms with Crippen LogP contribution < -0.4 is 0 Å². The van der Waals surface area contributed by atoms with Gasteiger partial charge < -0.3 is 14.4 Å². The Morgan fingerprint density at radius 1 is 1.12 bits per heavy atom. The molecule has 2 fully saturated rings. The van der Waals surface area contributed by atoms with Crippen LogP contribution in [0.3, 0.4) is 0 Å². The number of nitrogens with zero attached hydrogens (tertiary/aromatic N) is 4. The van der Waals surface area contributed by atoms with E-state index < -0.39 is 5.79 Å². The molecule has 0 N–H and O–H groups in total. The molecule has 1 aromatic carbocycles. The average molecular weight is 328 g/mol. The van der Waals surface area contributed by atoms with Crippen molar-refractivity contribution in [3.05, 3.63) is 47.8 Å². The standard InChI is InChI=1S/C17H20N4O3/c22-16(20-8-6-17(7-9-20)23-10-11-24-17)15-13-21(19-18-15)12-14-4-2-1-3-5-14/h1-5,13H,6-12H2. The van der Waals surface area contributed by atoms with Crippen molar-refractivity contribution in [3.8, 4) is 0 Å². The van der Waals surface area contributed by atoms with E-state index in [4.69, 9.17) is 9.47 Å². The van der Waals surface area contributed by atoms with Gasteiger partial charge in [-0.3, -0.25) is 4.79 Å². The SMILES string of the molecule is O=C(c1cn(Cc2ccccc2)nn1)N1CCC2(CC1)OCCO2. The minimum atomic E-state index is -0.471. The summed E-state index contributed by atoms with van der Waals surface area (Å²) in [6.07, 6.45) is 3.12. The molecule has 2 aromatic rings. The zero-order valence-corrected chi connectivity index (χ0v) is 13.4. The van der Waals surface area contributed by atoms with Gasteiger partial charge >= 0.3 is 0 Å². The molecule has 3 heterocycles. The number of hydrogen-bond acceptors (Lipinski definition) is 5. The highest BCUT2D eigenvalue weighted by Crippen LogP contribution is 2.31. The van der Waals surface area contributed by atoms with Crippen molar-refractivity contribution in [3.63, 3.8) is 0 Å². The lowest BCUT2D eigenvalue weighted by molar-refractivity contribution is -0.181. The summed E-state index contributed by atoms with van der Waals surface area (Å²) in [5.74, 6) is -0.552. The van der Waals surface area contributed by atoms with E-state index in [0.29, 0.717) is 51.4 Å². The Labute approximate surface area is 140 Å². The van der Waals surface area contributed by atoms with E-state index in [9.17, 15) is 4.79 Å². The number of amides is 1. The van der Waals surface area contributed by atoms with Crippen molar-refractivity contribution in [2.24, 2.45) is 0 Å². The number of piperidine rings is 1. The van der Waals surface area contributed by atoms with Crippen LogP contribution in [-0.2, 0) is 16.0 Å². The summed E-state index contributed by atoms with van der Waals surface area (Å²) in [6, 6.07) is 9.98. The van der Waals surface area contributed by atoms with E-state index in [1.54, 1.807) is 15.8 Å². The maximum absolute atomic E-state index is 12.6. The average Bonchev–Trinajstić information content (AvgIpc) is 3.26. The van der Waals surface area contributed by atoms with Crippen molar-refractivity contribution in [2.75, 3.05) is 26.3 Å². The number of benzene rings is 1. The first kappa shape index (κ1) is 15.3. The number of ether oxygens (including phenoxy) is 2. The molecule has 7 nitrogen and oxygen atoms in total. The van der Waals surface area contributed by atoms with Gasteiger partial charge in [-0.15, -0.1) is 5.10 Å². The Hall–Kier alpha value is -2.25. The number of carbonyl (C=O) groups is 1. The predicted molar refractivity (Wildman–Crippen MR) is 85.3 cm³/mol. The van der Waals surface area contributed by atoms with Crippen molar-refractivity contribution in [1.82, 2.24) is 19.9 Å². The van der Waals surface area contributed by atoms with E-state index in [2.05, 4.69) is 10.3 Å². The van der Waals surface area contributed by atoms with Crippen LogP contribution in [0.1, 0.15) is 28.9 Å². The molecule has 0 atom stereocenters. The van der Waals surface area contributed by atoms with Crippen LogP contribution in [0.4, 0.5) is 0 Å². The summed E-state index contributed by atoms with van der Waals surface area (Å²) in [7, 11) is 0. The highest BCUT2D eigenvalue weighted by atomic mass is 16.7. The molecule has 7 heteroatoms. The Bertz CT molecular complexity index is 700. The highest BCUT2D eigenvalue weighted by Gasteiger charge is 2.41. The second-order valence-electron chi connectivity index (χ2n) is 6.19. The molecular weight excluding hydrogens is 308 g/mol. The van der Waals surface area contributed by atoms with Crippen molar-refractivity contribution < 1.29 is 14.3 Å². The largest absolute Gasteiger partial charge is 0.347 e. The van der Waals surface area contributed by atoms with E-state index in [-0.39, 0.29) is 5.91 Å². The molecule has 0 bridgehead atoms. The summed E-state index contributed by atoms with van der Waals surface area (Å²) >= 11 is 0.